The van der Waals surface area contributed by atoms with Gasteiger partial charge in [0, 0.05) is 6.04 Å². The lowest BCUT2D eigenvalue weighted by molar-refractivity contribution is 0.442. The maximum atomic E-state index is 13.7. The Labute approximate surface area is 121 Å². The fourth-order valence-corrected chi connectivity index (χ4v) is 1.88. The molecule has 5 heteroatoms. The molecular weight excluding hydrogens is 279 g/mol. The molecule has 1 unspecified atom stereocenters. The lowest BCUT2D eigenvalue weighted by Gasteiger charge is -2.11. The van der Waals surface area contributed by atoms with Crippen LogP contribution >= 0.6 is 11.6 Å². The summed E-state index contributed by atoms with van der Waals surface area (Å²) in [5, 5.41) is 9.03. The van der Waals surface area contributed by atoms with Crippen molar-refractivity contribution in [3.05, 3.63) is 58.4 Å². The summed E-state index contributed by atoms with van der Waals surface area (Å²) < 4.78 is 19.1. The molecule has 2 N–H and O–H groups in total. The largest absolute Gasteiger partial charge is 0.453 e. The van der Waals surface area contributed by atoms with Crippen molar-refractivity contribution in [2.75, 3.05) is 0 Å². The Morgan fingerprint density at radius 3 is 2.50 bits per heavy atom. The van der Waals surface area contributed by atoms with Crippen molar-refractivity contribution >= 4 is 11.6 Å². The molecule has 2 aromatic rings. The second-order valence-corrected chi connectivity index (χ2v) is 4.74. The van der Waals surface area contributed by atoms with Crippen LogP contribution in [0.1, 0.15) is 24.1 Å². The molecule has 0 saturated heterocycles. The zero-order valence-corrected chi connectivity index (χ0v) is 11.5. The smallest absolute Gasteiger partial charge is 0.167 e. The van der Waals surface area contributed by atoms with Crippen molar-refractivity contribution in [1.82, 2.24) is 0 Å². The molecule has 102 valence electrons. The maximum absolute atomic E-state index is 13.7. The first-order chi connectivity index (χ1) is 9.51. The number of ether oxygens (including phenoxy) is 1. The number of nitriles is 1. The molecule has 0 fully saturated rings. The molecule has 20 heavy (non-hydrogen) atoms. The molecule has 0 aliphatic carbocycles. The highest BCUT2D eigenvalue weighted by molar-refractivity contribution is 6.32. The molecule has 0 heterocycles. The summed E-state index contributed by atoms with van der Waals surface area (Å²) in [6, 6.07) is 10.8. The van der Waals surface area contributed by atoms with Crippen molar-refractivity contribution in [2.24, 2.45) is 5.73 Å². The highest BCUT2D eigenvalue weighted by Crippen LogP contribution is 2.32. The first kappa shape index (κ1) is 14.3. The van der Waals surface area contributed by atoms with Crippen LogP contribution in [0, 0.1) is 17.1 Å². The first-order valence-corrected chi connectivity index (χ1v) is 6.31. The minimum absolute atomic E-state index is 0.0134. The lowest BCUT2D eigenvalue weighted by atomic mass is 10.1. The van der Waals surface area contributed by atoms with Crippen molar-refractivity contribution in [1.29, 1.82) is 5.26 Å². The predicted molar refractivity (Wildman–Crippen MR) is 75.2 cm³/mol. The summed E-state index contributed by atoms with van der Waals surface area (Å²) >= 11 is 6.08. The highest BCUT2D eigenvalue weighted by atomic mass is 35.5. The topological polar surface area (TPSA) is 59.0 Å². The summed E-state index contributed by atoms with van der Waals surface area (Å²) in [7, 11) is 0. The number of nitrogens with two attached hydrogens (primary N) is 1. The number of rotatable bonds is 3. The van der Waals surface area contributed by atoms with Crippen LogP contribution in [0.25, 0.3) is 0 Å². The van der Waals surface area contributed by atoms with E-state index >= 15 is 0 Å². The van der Waals surface area contributed by atoms with E-state index in [1.54, 1.807) is 18.2 Å². The summed E-state index contributed by atoms with van der Waals surface area (Å²) in [4.78, 5) is 0. The molecule has 0 amide bonds. The summed E-state index contributed by atoms with van der Waals surface area (Å²) in [5.41, 5.74) is 6.84. The average Bonchev–Trinajstić information content (AvgIpc) is 2.42. The fraction of sp³-hybridized carbons (Fsp3) is 0.133. The molecule has 3 nitrogen and oxygen atoms in total. The standard InChI is InChI=1S/C15H12ClFN2O/c1-9(19)11-3-5-14(12(16)7-11)20-15-4-2-10(8-18)6-13(15)17/h2-7,9H,19H2,1H3. The normalized spacial score (nSPS) is 11.8. The SMILES string of the molecule is CC(N)c1ccc(Oc2ccc(C#N)cc2F)c(Cl)c1. The van der Waals surface area contributed by atoms with E-state index in [1.807, 2.05) is 13.0 Å². The van der Waals surface area contributed by atoms with Gasteiger partial charge in [0.05, 0.1) is 16.7 Å². The fourth-order valence-electron chi connectivity index (χ4n) is 1.65. The third-order valence-electron chi connectivity index (χ3n) is 2.76. The van der Waals surface area contributed by atoms with E-state index < -0.39 is 5.82 Å². The van der Waals surface area contributed by atoms with Gasteiger partial charge in [-0.2, -0.15) is 5.26 Å². The van der Waals surface area contributed by atoms with Crippen LogP contribution in [0.15, 0.2) is 36.4 Å². The zero-order valence-electron chi connectivity index (χ0n) is 10.7. The Hall–Kier alpha value is -2.09. The summed E-state index contributed by atoms with van der Waals surface area (Å²) in [6.45, 7) is 1.84. The monoisotopic (exact) mass is 290 g/mol. The van der Waals surface area contributed by atoms with Crippen LogP contribution < -0.4 is 10.5 Å². The Morgan fingerprint density at radius 2 is 1.95 bits per heavy atom. The van der Waals surface area contributed by atoms with Gasteiger partial charge in [0.2, 0.25) is 0 Å². The van der Waals surface area contributed by atoms with Crippen LogP contribution in [-0.2, 0) is 0 Å². The second-order valence-electron chi connectivity index (χ2n) is 4.34. The lowest BCUT2D eigenvalue weighted by Crippen LogP contribution is -2.04. The zero-order chi connectivity index (χ0) is 14.7. The number of hydrogen-bond acceptors (Lipinski definition) is 3. The van der Waals surface area contributed by atoms with Crippen LogP contribution in [-0.4, -0.2) is 0 Å². The van der Waals surface area contributed by atoms with Gasteiger partial charge in [-0.3, -0.25) is 0 Å². The van der Waals surface area contributed by atoms with Crippen LogP contribution in [0.5, 0.6) is 11.5 Å². The summed E-state index contributed by atoms with van der Waals surface area (Å²) in [5.74, 6) is -0.268. The first-order valence-electron chi connectivity index (χ1n) is 5.94. The van der Waals surface area contributed by atoms with Crippen molar-refractivity contribution < 1.29 is 9.13 Å². The molecular formula is C15H12ClFN2O. The van der Waals surface area contributed by atoms with E-state index in [0.717, 1.165) is 11.6 Å². The number of benzene rings is 2. The number of hydrogen-bond donors (Lipinski definition) is 1. The molecule has 0 aliphatic rings. The predicted octanol–water partition coefficient (Wildman–Crippen LogP) is 4.16. The Morgan fingerprint density at radius 1 is 1.25 bits per heavy atom. The molecule has 0 aliphatic heterocycles. The highest BCUT2D eigenvalue weighted by Gasteiger charge is 2.10. The second kappa shape index (κ2) is 5.91. The third kappa shape index (κ3) is 3.08. The van der Waals surface area contributed by atoms with Gasteiger partial charge in [-0.05, 0) is 42.8 Å². The number of halogens is 2. The molecule has 0 spiro atoms. The van der Waals surface area contributed by atoms with Gasteiger partial charge in [-0.15, -0.1) is 0 Å². The Bertz CT molecular complexity index is 680. The molecule has 1 atom stereocenters. The quantitative estimate of drug-likeness (QED) is 0.923. The van der Waals surface area contributed by atoms with Gasteiger partial charge in [0.15, 0.2) is 11.6 Å². The third-order valence-corrected chi connectivity index (χ3v) is 3.06. The van der Waals surface area contributed by atoms with Crippen molar-refractivity contribution in [3.8, 4) is 17.6 Å². The van der Waals surface area contributed by atoms with Gasteiger partial charge in [-0.1, -0.05) is 17.7 Å². The van der Waals surface area contributed by atoms with Gasteiger partial charge in [0.1, 0.15) is 5.75 Å². The van der Waals surface area contributed by atoms with Gasteiger partial charge in [-0.25, -0.2) is 4.39 Å². The van der Waals surface area contributed by atoms with Crippen LogP contribution in [0.3, 0.4) is 0 Å². The Balaban J connectivity index is 2.29. The minimum atomic E-state index is -0.614. The molecule has 2 aromatic carbocycles. The van der Waals surface area contributed by atoms with Gasteiger partial charge in [0.25, 0.3) is 0 Å². The minimum Gasteiger partial charge on any atom is -0.453 e. The van der Waals surface area contributed by atoms with E-state index in [0.29, 0.717) is 10.8 Å². The molecule has 0 saturated carbocycles. The number of nitrogens with zero attached hydrogens (tertiary/aromatic N) is 1. The van der Waals surface area contributed by atoms with E-state index in [2.05, 4.69) is 0 Å². The van der Waals surface area contributed by atoms with E-state index in [4.69, 9.17) is 27.3 Å². The molecule has 0 bridgehead atoms. The maximum Gasteiger partial charge on any atom is 0.167 e. The molecule has 2 rings (SSSR count). The van der Waals surface area contributed by atoms with E-state index in [-0.39, 0.29) is 17.4 Å². The van der Waals surface area contributed by atoms with Gasteiger partial charge >= 0.3 is 0 Å². The summed E-state index contributed by atoms with van der Waals surface area (Å²) in [6.07, 6.45) is 0. The van der Waals surface area contributed by atoms with Crippen molar-refractivity contribution in [3.63, 3.8) is 0 Å². The molecule has 0 radical (unpaired) electrons. The van der Waals surface area contributed by atoms with Crippen molar-refractivity contribution in [2.45, 2.75) is 13.0 Å². The van der Waals surface area contributed by atoms with Crippen LogP contribution in [0.2, 0.25) is 5.02 Å². The van der Waals surface area contributed by atoms with E-state index in [1.165, 1.54) is 12.1 Å². The van der Waals surface area contributed by atoms with Gasteiger partial charge < -0.3 is 10.5 Å². The van der Waals surface area contributed by atoms with Crippen LogP contribution in [0.4, 0.5) is 4.39 Å². The Kier molecular flexibility index (Phi) is 4.23. The molecule has 0 aromatic heterocycles. The van der Waals surface area contributed by atoms with E-state index in [9.17, 15) is 4.39 Å². The average molecular weight is 291 g/mol.